The van der Waals surface area contributed by atoms with Crippen LogP contribution in [0.15, 0.2) is 30.6 Å². The van der Waals surface area contributed by atoms with Gasteiger partial charge in [0.1, 0.15) is 5.82 Å². The lowest BCUT2D eigenvalue weighted by Crippen LogP contribution is -2.06. The van der Waals surface area contributed by atoms with Crippen LogP contribution in [-0.4, -0.2) is 15.0 Å². The summed E-state index contributed by atoms with van der Waals surface area (Å²) in [5.74, 6) is 1.60. The molecule has 0 N–H and O–H groups in total. The Morgan fingerprint density at radius 1 is 1.22 bits per heavy atom. The quantitative estimate of drug-likeness (QED) is 0.793. The number of hydrogen-bond donors (Lipinski definition) is 0. The van der Waals surface area contributed by atoms with E-state index >= 15 is 0 Å². The second-order valence-corrected chi connectivity index (χ2v) is 4.75. The zero-order chi connectivity index (χ0) is 13.0. The first kappa shape index (κ1) is 13.0. The van der Waals surface area contributed by atoms with Crippen LogP contribution in [0.25, 0.3) is 0 Å². The summed E-state index contributed by atoms with van der Waals surface area (Å²) in [6.45, 7) is 4.23. The van der Waals surface area contributed by atoms with E-state index in [9.17, 15) is 0 Å². The van der Waals surface area contributed by atoms with Gasteiger partial charge in [0.15, 0.2) is 0 Å². The van der Waals surface area contributed by atoms with Gasteiger partial charge in [-0.15, -0.1) is 11.6 Å². The fourth-order valence-corrected chi connectivity index (χ4v) is 2.02. The standard InChI is InChI=1S/C14H16ClN3/c1-10(2)14-11(8-15)9-17-13(18-14)7-12-5-3-4-6-16-12/h3-6,9-10H,7-8H2,1-2H3. The van der Waals surface area contributed by atoms with E-state index in [0.29, 0.717) is 18.2 Å². The highest BCUT2D eigenvalue weighted by Gasteiger charge is 2.10. The highest BCUT2D eigenvalue weighted by atomic mass is 35.5. The van der Waals surface area contributed by atoms with Gasteiger partial charge in [0, 0.05) is 23.7 Å². The topological polar surface area (TPSA) is 38.7 Å². The normalized spacial score (nSPS) is 10.9. The highest BCUT2D eigenvalue weighted by molar-refractivity contribution is 6.17. The van der Waals surface area contributed by atoms with Crippen LogP contribution in [0.4, 0.5) is 0 Å². The Balaban J connectivity index is 2.27. The van der Waals surface area contributed by atoms with Crippen LogP contribution in [0.1, 0.15) is 42.5 Å². The molecule has 2 aromatic heterocycles. The SMILES string of the molecule is CC(C)c1nc(Cc2ccccn2)ncc1CCl. The maximum Gasteiger partial charge on any atom is 0.134 e. The Bertz CT molecular complexity index is 512. The van der Waals surface area contributed by atoms with Crippen LogP contribution in [0.5, 0.6) is 0 Å². The fraction of sp³-hybridized carbons (Fsp3) is 0.357. The predicted octanol–water partition coefficient (Wildman–Crippen LogP) is 3.32. The Morgan fingerprint density at radius 3 is 2.67 bits per heavy atom. The van der Waals surface area contributed by atoms with Crippen LogP contribution in [0.3, 0.4) is 0 Å². The summed E-state index contributed by atoms with van der Waals surface area (Å²) in [5.41, 5.74) is 3.02. The van der Waals surface area contributed by atoms with Crippen molar-refractivity contribution in [1.29, 1.82) is 0 Å². The average molecular weight is 262 g/mol. The molecule has 18 heavy (non-hydrogen) atoms. The van der Waals surface area contributed by atoms with E-state index < -0.39 is 0 Å². The Morgan fingerprint density at radius 2 is 2.06 bits per heavy atom. The van der Waals surface area contributed by atoms with Crippen molar-refractivity contribution in [2.45, 2.75) is 32.1 Å². The average Bonchev–Trinajstić information content (AvgIpc) is 2.40. The summed E-state index contributed by atoms with van der Waals surface area (Å²) in [6, 6.07) is 5.85. The predicted molar refractivity (Wildman–Crippen MR) is 72.7 cm³/mol. The molecule has 0 aliphatic heterocycles. The lowest BCUT2D eigenvalue weighted by atomic mass is 10.1. The van der Waals surface area contributed by atoms with Gasteiger partial charge in [0.25, 0.3) is 0 Å². The maximum atomic E-state index is 5.90. The molecule has 0 saturated carbocycles. The minimum absolute atomic E-state index is 0.351. The number of alkyl halides is 1. The highest BCUT2D eigenvalue weighted by Crippen LogP contribution is 2.18. The monoisotopic (exact) mass is 261 g/mol. The lowest BCUT2D eigenvalue weighted by Gasteiger charge is -2.10. The van der Waals surface area contributed by atoms with Crippen molar-refractivity contribution in [3.8, 4) is 0 Å². The molecule has 0 saturated heterocycles. The van der Waals surface area contributed by atoms with Gasteiger partial charge in [-0.05, 0) is 18.1 Å². The summed E-state index contributed by atoms with van der Waals surface area (Å²) in [7, 11) is 0. The van der Waals surface area contributed by atoms with E-state index in [-0.39, 0.29) is 0 Å². The van der Waals surface area contributed by atoms with E-state index in [1.54, 1.807) is 6.20 Å². The van der Waals surface area contributed by atoms with E-state index in [1.807, 2.05) is 24.4 Å². The van der Waals surface area contributed by atoms with Gasteiger partial charge in [-0.3, -0.25) is 4.98 Å². The summed E-state index contributed by atoms with van der Waals surface area (Å²) < 4.78 is 0. The zero-order valence-electron chi connectivity index (χ0n) is 10.6. The van der Waals surface area contributed by atoms with Gasteiger partial charge < -0.3 is 0 Å². The number of rotatable bonds is 4. The molecule has 0 fully saturated rings. The minimum Gasteiger partial charge on any atom is -0.261 e. The van der Waals surface area contributed by atoms with Gasteiger partial charge >= 0.3 is 0 Å². The molecule has 0 radical (unpaired) electrons. The second-order valence-electron chi connectivity index (χ2n) is 4.48. The summed E-state index contributed by atoms with van der Waals surface area (Å²) in [4.78, 5) is 13.2. The zero-order valence-corrected chi connectivity index (χ0v) is 11.4. The van der Waals surface area contributed by atoms with E-state index in [2.05, 4.69) is 28.8 Å². The largest absolute Gasteiger partial charge is 0.261 e. The molecule has 0 aliphatic carbocycles. The molecule has 94 valence electrons. The number of hydrogen-bond acceptors (Lipinski definition) is 3. The van der Waals surface area contributed by atoms with Crippen LogP contribution < -0.4 is 0 Å². The third-order valence-electron chi connectivity index (χ3n) is 2.70. The van der Waals surface area contributed by atoms with Gasteiger partial charge in [0.05, 0.1) is 18.0 Å². The molecule has 0 aliphatic rings. The number of halogens is 1. The molecule has 3 nitrogen and oxygen atoms in total. The van der Waals surface area contributed by atoms with Crippen molar-refractivity contribution in [3.05, 3.63) is 53.4 Å². The van der Waals surface area contributed by atoms with Crippen LogP contribution in [0.2, 0.25) is 0 Å². The molecular weight excluding hydrogens is 246 g/mol. The third kappa shape index (κ3) is 3.05. The van der Waals surface area contributed by atoms with E-state index in [4.69, 9.17) is 11.6 Å². The van der Waals surface area contributed by atoms with Gasteiger partial charge in [0.2, 0.25) is 0 Å². The molecule has 0 bridgehead atoms. The molecule has 0 atom stereocenters. The van der Waals surface area contributed by atoms with Crippen molar-refractivity contribution in [2.24, 2.45) is 0 Å². The summed E-state index contributed by atoms with van der Waals surface area (Å²) >= 11 is 5.90. The molecule has 0 amide bonds. The number of nitrogens with zero attached hydrogens (tertiary/aromatic N) is 3. The first-order valence-electron chi connectivity index (χ1n) is 6.01. The molecule has 2 rings (SSSR count). The second kappa shape index (κ2) is 5.91. The van der Waals surface area contributed by atoms with Crippen LogP contribution in [0, 0.1) is 0 Å². The third-order valence-corrected chi connectivity index (χ3v) is 2.99. The first-order valence-corrected chi connectivity index (χ1v) is 6.54. The van der Waals surface area contributed by atoms with Gasteiger partial charge in [-0.2, -0.15) is 0 Å². The van der Waals surface area contributed by atoms with E-state index in [0.717, 1.165) is 22.8 Å². The molecular formula is C14H16ClN3. The van der Waals surface area contributed by atoms with E-state index in [1.165, 1.54) is 0 Å². The molecule has 4 heteroatoms. The molecule has 0 unspecified atom stereocenters. The van der Waals surface area contributed by atoms with Crippen molar-refractivity contribution >= 4 is 11.6 Å². The van der Waals surface area contributed by atoms with Crippen molar-refractivity contribution < 1.29 is 0 Å². The van der Waals surface area contributed by atoms with Crippen molar-refractivity contribution in [2.75, 3.05) is 0 Å². The molecule has 2 heterocycles. The summed E-state index contributed by atoms with van der Waals surface area (Å²) in [6.07, 6.45) is 4.27. The van der Waals surface area contributed by atoms with Gasteiger partial charge in [-0.1, -0.05) is 19.9 Å². The van der Waals surface area contributed by atoms with Gasteiger partial charge in [-0.25, -0.2) is 9.97 Å². The minimum atomic E-state index is 0.351. The number of pyridine rings is 1. The lowest BCUT2D eigenvalue weighted by molar-refractivity contribution is 0.773. The van der Waals surface area contributed by atoms with Crippen molar-refractivity contribution in [1.82, 2.24) is 15.0 Å². The smallest absolute Gasteiger partial charge is 0.134 e. The first-order chi connectivity index (χ1) is 8.70. The maximum absolute atomic E-state index is 5.90. The number of aromatic nitrogens is 3. The summed E-state index contributed by atoms with van der Waals surface area (Å²) in [5, 5.41) is 0. The molecule has 0 spiro atoms. The van der Waals surface area contributed by atoms with Crippen LogP contribution in [-0.2, 0) is 12.3 Å². The van der Waals surface area contributed by atoms with Crippen LogP contribution >= 0.6 is 11.6 Å². The Hall–Kier alpha value is -1.48. The molecule has 2 aromatic rings. The Labute approximate surface area is 112 Å². The molecule has 0 aromatic carbocycles. The van der Waals surface area contributed by atoms with Crippen molar-refractivity contribution in [3.63, 3.8) is 0 Å². The Kier molecular flexibility index (Phi) is 4.26. The fourth-order valence-electron chi connectivity index (χ4n) is 1.81.